The van der Waals surface area contributed by atoms with E-state index >= 15 is 0 Å². The van der Waals surface area contributed by atoms with Gasteiger partial charge >= 0.3 is 12.0 Å². The van der Waals surface area contributed by atoms with Gasteiger partial charge in [0, 0.05) is 6.42 Å². The lowest BCUT2D eigenvalue weighted by atomic mass is 10.1. The SMILES string of the molecule is C#CCN(CC(=O)O)C(=O)Nc1nnc(CC(C)C)s1. The number of nitrogens with one attached hydrogen (secondary N) is 1. The van der Waals surface area contributed by atoms with Crippen LogP contribution in [0.2, 0.25) is 0 Å². The lowest BCUT2D eigenvalue weighted by molar-refractivity contribution is -0.137. The van der Waals surface area contributed by atoms with E-state index in [0.29, 0.717) is 11.0 Å². The molecule has 1 aromatic rings. The molecule has 0 saturated carbocycles. The maximum absolute atomic E-state index is 11.9. The van der Waals surface area contributed by atoms with Crippen molar-refractivity contribution in [2.24, 2.45) is 5.92 Å². The molecule has 0 radical (unpaired) electrons. The Balaban J connectivity index is 2.65. The number of aromatic nitrogens is 2. The van der Waals surface area contributed by atoms with Crippen molar-refractivity contribution in [2.75, 3.05) is 18.4 Å². The molecule has 1 aromatic heterocycles. The Morgan fingerprint density at radius 2 is 2.20 bits per heavy atom. The van der Waals surface area contributed by atoms with E-state index in [0.717, 1.165) is 16.3 Å². The van der Waals surface area contributed by atoms with Crippen molar-refractivity contribution in [3.05, 3.63) is 5.01 Å². The number of carbonyl (C=O) groups is 2. The van der Waals surface area contributed by atoms with Crippen molar-refractivity contribution < 1.29 is 14.7 Å². The van der Waals surface area contributed by atoms with E-state index in [2.05, 4.69) is 35.3 Å². The first-order chi connectivity index (χ1) is 9.42. The van der Waals surface area contributed by atoms with E-state index in [-0.39, 0.29) is 6.54 Å². The molecular weight excluding hydrogens is 280 g/mol. The Labute approximate surface area is 121 Å². The van der Waals surface area contributed by atoms with Crippen molar-refractivity contribution in [3.63, 3.8) is 0 Å². The topological polar surface area (TPSA) is 95.4 Å². The molecule has 20 heavy (non-hydrogen) atoms. The summed E-state index contributed by atoms with van der Waals surface area (Å²) in [7, 11) is 0. The largest absolute Gasteiger partial charge is 0.480 e. The standard InChI is InChI=1S/C12H16N4O3S/c1-4-5-16(7-10(17)18)12(19)13-11-15-14-9(20-11)6-8(2)3/h1,8H,5-7H2,2-3H3,(H,17,18)(H,13,15,19). The number of hydrogen-bond acceptors (Lipinski definition) is 5. The number of rotatable bonds is 6. The minimum absolute atomic E-state index is 0.0875. The Morgan fingerprint density at radius 3 is 2.75 bits per heavy atom. The van der Waals surface area contributed by atoms with Crippen LogP contribution in [-0.2, 0) is 11.2 Å². The van der Waals surface area contributed by atoms with Gasteiger partial charge in [-0.05, 0) is 5.92 Å². The van der Waals surface area contributed by atoms with Gasteiger partial charge in [0.1, 0.15) is 11.6 Å². The number of urea groups is 1. The van der Waals surface area contributed by atoms with Crippen molar-refractivity contribution in [1.29, 1.82) is 0 Å². The molecule has 0 aliphatic carbocycles. The van der Waals surface area contributed by atoms with Crippen LogP contribution in [0.5, 0.6) is 0 Å². The zero-order valence-electron chi connectivity index (χ0n) is 11.3. The van der Waals surface area contributed by atoms with E-state index in [4.69, 9.17) is 11.5 Å². The summed E-state index contributed by atoms with van der Waals surface area (Å²) in [6.07, 6.45) is 5.88. The Kier molecular flexibility index (Phi) is 5.93. The van der Waals surface area contributed by atoms with Crippen LogP contribution in [0.25, 0.3) is 0 Å². The van der Waals surface area contributed by atoms with Crippen molar-refractivity contribution >= 4 is 28.5 Å². The number of anilines is 1. The van der Waals surface area contributed by atoms with Crippen LogP contribution in [0, 0.1) is 18.3 Å². The van der Waals surface area contributed by atoms with Gasteiger partial charge in [0.2, 0.25) is 5.13 Å². The van der Waals surface area contributed by atoms with E-state index < -0.39 is 18.5 Å². The zero-order valence-corrected chi connectivity index (χ0v) is 12.1. The lowest BCUT2D eigenvalue weighted by Gasteiger charge is -2.17. The fourth-order valence-corrected chi connectivity index (χ4v) is 2.32. The fourth-order valence-electron chi connectivity index (χ4n) is 1.38. The third-order valence-electron chi connectivity index (χ3n) is 2.16. The molecule has 1 rings (SSSR count). The van der Waals surface area contributed by atoms with Gasteiger partial charge in [-0.3, -0.25) is 10.1 Å². The quantitative estimate of drug-likeness (QED) is 0.771. The summed E-state index contributed by atoms with van der Waals surface area (Å²) in [5.41, 5.74) is 0. The molecule has 0 bridgehead atoms. The molecule has 2 N–H and O–H groups in total. The minimum Gasteiger partial charge on any atom is -0.480 e. The van der Waals surface area contributed by atoms with Crippen LogP contribution >= 0.6 is 11.3 Å². The predicted octanol–water partition coefficient (Wildman–Crippen LogP) is 1.29. The summed E-state index contributed by atoms with van der Waals surface area (Å²) in [6, 6.07) is -0.599. The van der Waals surface area contributed by atoms with Crippen LogP contribution in [0.4, 0.5) is 9.93 Å². The molecule has 108 valence electrons. The molecule has 1 heterocycles. The first-order valence-electron chi connectivity index (χ1n) is 5.96. The minimum atomic E-state index is -1.13. The number of hydrogen-bond donors (Lipinski definition) is 2. The molecule has 0 aliphatic rings. The van der Waals surface area contributed by atoms with Gasteiger partial charge in [-0.1, -0.05) is 31.1 Å². The predicted molar refractivity (Wildman–Crippen MR) is 75.5 cm³/mol. The molecule has 0 atom stereocenters. The highest BCUT2D eigenvalue weighted by Gasteiger charge is 2.17. The van der Waals surface area contributed by atoms with Gasteiger partial charge in [-0.15, -0.1) is 16.6 Å². The number of nitrogens with zero attached hydrogens (tertiary/aromatic N) is 3. The van der Waals surface area contributed by atoms with Crippen LogP contribution in [0.15, 0.2) is 0 Å². The van der Waals surface area contributed by atoms with Gasteiger partial charge in [-0.25, -0.2) is 4.79 Å². The van der Waals surface area contributed by atoms with Crippen molar-refractivity contribution in [3.8, 4) is 12.3 Å². The number of terminal acetylenes is 1. The van der Waals surface area contributed by atoms with Crippen LogP contribution in [0.1, 0.15) is 18.9 Å². The van der Waals surface area contributed by atoms with E-state index in [1.165, 1.54) is 11.3 Å². The van der Waals surface area contributed by atoms with Crippen molar-refractivity contribution in [1.82, 2.24) is 15.1 Å². The Hall–Kier alpha value is -2.14. The molecule has 2 amide bonds. The number of carbonyl (C=O) groups excluding carboxylic acids is 1. The number of amides is 2. The molecule has 0 fully saturated rings. The smallest absolute Gasteiger partial charge is 0.325 e. The number of carboxylic acid groups (broad SMARTS) is 1. The van der Waals surface area contributed by atoms with Crippen molar-refractivity contribution in [2.45, 2.75) is 20.3 Å². The summed E-state index contributed by atoms with van der Waals surface area (Å²) in [5, 5.41) is 20.2. The number of carboxylic acids is 1. The average molecular weight is 296 g/mol. The highest BCUT2D eigenvalue weighted by molar-refractivity contribution is 7.15. The van der Waals surface area contributed by atoms with E-state index in [9.17, 15) is 9.59 Å². The average Bonchev–Trinajstić information content (AvgIpc) is 2.74. The summed E-state index contributed by atoms with van der Waals surface area (Å²) in [4.78, 5) is 23.5. The van der Waals surface area contributed by atoms with Crippen LogP contribution in [0.3, 0.4) is 0 Å². The maximum Gasteiger partial charge on any atom is 0.325 e. The zero-order chi connectivity index (χ0) is 15.1. The van der Waals surface area contributed by atoms with Gasteiger partial charge < -0.3 is 10.0 Å². The lowest BCUT2D eigenvalue weighted by Crippen LogP contribution is -2.39. The van der Waals surface area contributed by atoms with Gasteiger partial charge in [0.25, 0.3) is 0 Å². The first-order valence-corrected chi connectivity index (χ1v) is 6.77. The molecule has 0 spiro atoms. The summed E-state index contributed by atoms with van der Waals surface area (Å²) < 4.78 is 0. The van der Waals surface area contributed by atoms with Crippen LogP contribution < -0.4 is 5.32 Å². The molecule has 0 aromatic carbocycles. The second-order valence-electron chi connectivity index (χ2n) is 4.48. The normalized spacial score (nSPS) is 10.1. The molecule has 0 unspecified atom stereocenters. The monoisotopic (exact) mass is 296 g/mol. The van der Waals surface area contributed by atoms with Gasteiger partial charge in [-0.2, -0.15) is 0 Å². The third-order valence-corrected chi connectivity index (χ3v) is 3.02. The third kappa shape index (κ3) is 5.24. The molecule has 7 nitrogen and oxygen atoms in total. The Morgan fingerprint density at radius 1 is 1.50 bits per heavy atom. The summed E-state index contributed by atoms with van der Waals surface area (Å²) in [5.74, 6) is 1.55. The summed E-state index contributed by atoms with van der Waals surface area (Å²) >= 11 is 1.26. The number of aliphatic carboxylic acids is 1. The molecule has 0 aliphatic heterocycles. The highest BCUT2D eigenvalue weighted by atomic mass is 32.1. The first kappa shape index (κ1) is 15.9. The van der Waals surface area contributed by atoms with E-state index in [1.54, 1.807) is 0 Å². The van der Waals surface area contributed by atoms with E-state index in [1.807, 2.05) is 0 Å². The highest BCUT2D eigenvalue weighted by Crippen LogP contribution is 2.18. The second-order valence-corrected chi connectivity index (χ2v) is 5.55. The summed E-state index contributed by atoms with van der Waals surface area (Å²) in [6.45, 7) is 3.56. The maximum atomic E-state index is 11.9. The molecule has 8 heteroatoms. The van der Waals surface area contributed by atoms with Gasteiger partial charge in [0.15, 0.2) is 0 Å². The fraction of sp³-hybridized carbons (Fsp3) is 0.500. The van der Waals surface area contributed by atoms with Crippen LogP contribution in [-0.4, -0.2) is 45.3 Å². The van der Waals surface area contributed by atoms with Gasteiger partial charge in [0.05, 0.1) is 6.54 Å². The Bertz CT molecular complexity index is 521. The second kappa shape index (κ2) is 7.45. The molecule has 0 saturated heterocycles. The molecular formula is C12H16N4O3S.